The zero-order valence-corrected chi connectivity index (χ0v) is 12.4. The van der Waals surface area contributed by atoms with Gasteiger partial charge in [0.05, 0.1) is 5.69 Å². The second-order valence-corrected chi connectivity index (χ2v) is 5.43. The van der Waals surface area contributed by atoms with Gasteiger partial charge >= 0.3 is 0 Å². The van der Waals surface area contributed by atoms with E-state index in [2.05, 4.69) is 66.6 Å². The molecule has 0 radical (unpaired) electrons. The Bertz CT molecular complexity index is 745. The third-order valence-corrected chi connectivity index (χ3v) is 3.44. The molecule has 1 aromatic heterocycles. The van der Waals surface area contributed by atoms with Crippen molar-refractivity contribution < 1.29 is 0 Å². The first-order valence-corrected chi connectivity index (χ1v) is 7.27. The molecule has 21 heavy (non-hydrogen) atoms. The van der Waals surface area contributed by atoms with Crippen molar-refractivity contribution in [1.29, 1.82) is 0 Å². The third kappa shape index (κ3) is 3.09. The highest BCUT2D eigenvalue weighted by Crippen LogP contribution is 2.25. The molecular weight excluding hydrogens is 258 g/mol. The maximum Gasteiger partial charge on any atom is 0.160 e. The fourth-order valence-corrected chi connectivity index (χ4v) is 2.35. The van der Waals surface area contributed by atoms with E-state index in [1.54, 1.807) is 0 Å². The normalized spacial score (nSPS) is 11.2. The molecule has 0 saturated carbocycles. The second kappa shape index (κ2) is 6.02. The number of fused-ring (bicyclic) bond motifs is 1. The van der Waals surface area contributed by atoms with Gasteiger partial charge in [-0.05, 0) is 16.8 Å². The van der Waals surface area contributed by atoms with Crippen molar-refractivity contribution in [3.63, 3.8) is 0 Å². The summed E-state index contributed by atoms with van der Waals surface area (Å²) in [5, 5.41) is 5.79. The smallest absolute Gasteiger partial charge is 0.160 e. The van der Waals surface area contributed by atoms with E-state index < -0.39 is 0 Å². The van der Waals surface area contributed by atoms with Crippen LogP contribution in [0.5, 0.6) is 0 Å². The predicted molar refractivity (Wildman–Crippen MR) is 86.9 cm³/mol. The Morgan fingerprint density at radius 3 is 2.67 bits per heavy atom. The number of hydrogen-bond donors (Lipinski definition) is 1. The van der Waals surface area contributed by atoms with E-state index in [1.165, 1.54) is 10.8 Å². The maximum atomic E-state index is 4.69. The topological polar surface area (TPSA) is 37.8 Å². The molecule has 0 unspecified atom stereocenters. The zero-order valence-electron chi connectivity index (χ0n) is 12.4. The maximum absolute atomic E-state index is 4.69. The van der Waals surface area contributed by atoms with E-state index in [0.717, 1.165) is 23.6 Å². The molecule has 1 N–H and O–H groups in total. The SMILES string of the molecule is CC(C)NCc1ccnc(-c2cccc3ccccc23)n1. The van der Waals surface area contributed by atoms with Crippen LogP contribution in [0.4, 0.5) is 0 Å². The number of hydrogen-bond acceptors (Lipinski definition) is 3. The zero-order chi connectivity index (χ0) is 14.7. The minimum absolute atomic E-state index is 0.445. The standard InChI is InChI=1S/C18H19N3/c1-13(2)20-12-15-10-11-19-18(21-15)17-9-5-7-14-6-3-4-8-16(14)17/h3-11,13,20H,12H2,1-2H3. The molecule has 0 atom stereocenters. The predicted octanol–water partition coefficient (Wildman–Crippen LogP) is 3.79. The van der Waals surface area contributed by atoms with Gasteiger partial charge in [-0.2, -0.15) is 0 Å². The Morgan fingerprint density at radius 1 is 1.00 bits per heavy atom. The number of nitrogens with zero attached hydrogens (tertiary/aromatic N) is 2. The van der Waals surface area contributed by atoms with Gasteiger partial charge in [-0.15, -0.1) is 0 Å². The van der Waals surface area contributed by atoms with Crippen molar-refractivity contribution >= 4 is 10.8 Å². The van der Waals surface area contributed by atoms with E-state index in [4.69, 9.17) is 4.98 Å². The van der Waals surface area contributed by atoms with Crippen LogP contribution in [0.15, 0.2) is 54.7 Å². The number of rotatable bonds is 4. The average Bonchev–Trinajstić information content (AvgIpc) is 2.52. The summed E-state index contributed by atoms with van der Waals surface area (Å²) >= 11 is 0. The van der Waals surface area contributed by atoms with Crippen LogP contribution in [0.1, 0.15) is 19.5 Å². The molecule has 3 heteroatoms. The molecular formula is C18H19N3. The number of nitrogens with one attached hydrogen (secondary N) is 1. The highest BCUT2D eigenvalue weighted by molar-refractivity contribution is 5.94. The van der Waals surface area contributed by atoms with Crippen molar-refractivity contribution in [2.45, 2.75) is 26.4 Å². The highest BCUT2D eigenvalue weighted by Gasteiger charge is 2.07. The molecule has 3 aromatic rings. The molecule has 106 valence electrons. The minimum atomic E-state index is 0.445. The summed E-state index contributed by atoms with van der Waals surface area (Å²) in [5.74, 6) is 0.787. The first-order chi connectivity index (χ1) is 10.2. The van der Waals surface area contributed by atoms with Gasteiger partial charge in [0, 0.05) is 24.3 Å². The Kier molecular flexibility index (Phi) is 3.93. The lowest BCUT2D eigenvalue weighted by Crippen LogP contribution is -2.22. The fourth-order valence-electron chi connectivity index (χ4n) is 2.35. The first-order valence-electron chi connectivity index (χ1n) is 7.27. The van der Waals surface area contributed by atoms with E-state index in [-0.39, 0.29) is 0 Å². The van der Waals surface area contributed by atoms with E-state index >= 15 is 0 Å². The minimum Gasteiger partial charge on any atom is -0.309 e. The largest absolute Gasteiger partial charge is 0.309 e. The molecule has 0 spiro atoms. The lowest BCUT2D eigenvalue weighted by Gasteiger charge is -2.09. The molecule has 0 aliphatic carbocycles. The van der Waals surface area contributed by atoms with Gasteiger partial charge in [0.25, 0.3) is 0 Å². The van der Waals surface area contributed by atoms with E-state index in [0.29, 0.717) is 6.04 Å². The quantitative estimate of drug-likeness (QED) is 0.788. The van der Waals surface area contributed by atoms with Crippen LogP contribution in [0.3, 0.4) is 0 Å². The lowest BCUT2D eigenvalue weighted by molar-refractivity contribution is 0.581. The van der Waals surface area contributed by atoms with Gasteiger partial charge in [0.15, 0.2) is 5.82 Å². The van der Waals surface area contributed by atoms with Gasteiger partial charge < -0.3 is 5.32 Å². The summed E-state index contributed by atoms with van der Waals surface area (Å²) in [6.07, 6.45) is 1.83. The Balaban J connectivity index is 2.01. The molecule has 1 heterocycles. The van der Waals surface area contributed by atoms with Crippen molar-refractivity contribution in [2.24, 2.45) is 0 Å². The molecule has 3 rings (SSSR count). The number of aromatic nitrogens is 2. The van der Waals surface area contributed by atoms with Gasteiger partial charge in [0.1, 0.15) is 0 Å². The summed E-state index contributed by atoms with van der Waals surface area (Å²) in [6.45, 7) is 5.03. The van der Waals surface area contributed by atoms with Crippen LogP contribution in [0, 0.1) is 0 Å². The molecule has 0 aliphatic heterocycles. The van der Waals surface area contributed by atoms with E-state index in [1.807, 2.05) is 12.3 Å². The molecule has 0 bridgehead atoms. The highest BCUT2D eigenvalue weighted by atomic mass is 14.9. The molecule has 0 fully saturated rings. The van der Waals surface area contributed by atoms with Crippen molar-refractivity contribution in [2.75, 3.05) is 0 Å². The van der Waals surface area contributed by atoms with E-state index in [9.17, 15) is 0 Å². The van der Waals surface area contributed by atoms with Crippen molar-refractivity contribution in [3.05, 3.63) is 60.4 Å². The Hall–Kier alpha value is -2.26. The molecule has 0 saturated heterocycles. The second-order valence-electron chi connectivity index (χ2n) is 5.43. The van der Waals surface area contributed by atoms with Crippen molar-refractivity contribution in [1.82, 2.24) is 15.3 Å². The van der Waals surface area contributed by atoms with Gasteiger partial charge in [0.2, 0.25) is 0 Å². The molecule has 3 nitrogen and oxygen atoms in total. The third-order valence-electron chi connectivity index (χ3n) is 3.44. The molecule has 0 amide bonds. The average molecular weight is 277 g/mol. The molecule has 2 aromatic carbocycles. The van der Waals surface area contributed by atoms with Crippen LogP contribution in [0.2, 0.25) is 0 Å². The summed E-state index contributed by atoms with van der Waals surface area (Å²) in [4.78, 5) is 9.14. The van der Waals surface area contributed by atoms with Crippen LogP contribution in [-0.4, -0.2) is 16.0 Å². The van der Waals surface area contributed by atoms with Crippen LogP contribution < -0.4 is 5.32 Å². The van der Waals surface area contributed by atoms with Crippen LogP contribution in [0.25, 0.3) is 22.2 Å². The fraction of sp³-hybridized carbons (Fsp3) is 0.222. The summed E-state index contributed by atoms with van der Waals surface area (Å²) < 4.78 is 0. The van der Waals surface area contributed by atoms with Crippen molar-refractivity contribution in [3.8, 4) is 11.4 Å². The van der Waals surface area contributed by atoms with Crippen LogP contribution in [-0.2, 0) is 6.54 Å². The van der Waals surface area contributed by atoms with Gasteiger partial charge in [-0.25, -0.2) is 9.97 Å². The first kappa shape index (κ1) is 13.7. The summed E-state index contributed by atoms with van der Waals surface area (Å²) in [6, 6.07) is 17.0. The summed E-state index contributed by atoms with van der Waals surface area (Å²) in [5.41, 5.74) is 2.10. The summed E-state index contributed by atoms with van der Waals surface area (Å²) in [7, 11) is 0. The Morgan fingerprint density at radius 2 is 1.81 bits per heavy atom. The lowest BCUT2D eigenvalue weighted by atomic mass is 10.0. The van der Waals surface area contributed by atoms with Gasteiger partial charge in [-0.1, -0.05) is 56.3 Å². The monoisotopic (exact) mass is 277 g/mol. The molecule has 0 aliphatic rings. The Labute approximate surface area is 125 Å². The number of benzene rings is 2. The van der Waals surface area contributed by atoms with Gasteiger partial charge in [-0.3, -0.25) is 0 Å². The van der Waals surface area contributed by atoms with Crippen LogP contribution >= 0.6 is 0 Å².